The van der Waals surface area contributed by atoms with Crippen LogP contribution < -0.4 is 5.32 Å². The molecule has 6 nitrogen and oxygen atoms in total. The Labute approximate surface area is 112 Å². The summed E-state index contributed by atoms with van der Waals surface area (Å²) in [6.45, 7) is 0. The standard InChI is InChI=1S/C13H9FN4O2/c14-8-4-1-3-7-10(8)17-18-11(7)13(20)16-12-9(19)5-2-6-15-12/h1-6,19H,(H,17,18)(H,15,16,20). The molecule has 1 amide bonds. The number of rotatable bonds is 2. The van der Waals surface area contributed by atoms with E-state index in [0.29, 0.717) is 5.39 Å². The van der Waals surface area contributed by atoms with Crippen LogP contribution in [0.25, 0.3) is 10.9 Å². The van der Waals surface area contributed by atoms with E-state index in [1.54, 1.807) is 6.07 Å². The summed E-state index contributed by atoms with van der Waals surface area (Å²) in [5.74, 6) is -1.21. The van der Waals surface area contributed by atoms with Gasteiger partial charge in [0, 0.05) is 11.6 Å². The number of aromatic nitrogens is 3. The van der Waals surface area contributed by atoms with Gasteiger partial charge in [-0.2, -0.15) is 5.10 Å². The average Bonchev–Trinajstić information content (AvgIpc) is 2.87. The van der Waals surface area contributed by atoms with E-state index in [0.717, 1.165) is 0 Å². The summed E-state index contributed by atoms with van der Waals surface area (Å²) in [6.07, 6.45) is 1.43. The minimum atomic E-state index is -0.563. The Hall–Kier alpha value is -2.96. The van der Waals surface area contributed by atoms with E-state index in [9.17, 15) is 14.3 Å². The van der Waals surface area contributed by atoms with E-state index in [2.05, 4.69) is 20.5 Å². The Bertz CT molecular complexity index is 800. The second-order valence-corrected chi connectivity index (χ2v) is 4.06. The Morgan fingerprint density at radius 3 is 2.95 bits per heavy atom. The number of carbonyl (C=O) groups excluding carboxylic acids is 1. The number of hydrogen-bond donors (Lipinski definition) is 3. The Morgan fingerprint density at radius 2 is 2.15 bits per heavy atom. The molecule has 0 bridgehead atoms. The van der Waals surface area contributed by atoms with Gasteiger partial charge in [-0.05, 0) is 18.2 Å². The summed E-state index contributed by atoms with van der Waals surface area (Å²) >= 11 is 0. The van der Waals surface area contributed by atoms with E-state index in [1.807, 2.05) is 0 Å². The first-order chi connectivity index (χ1) is 9.66. The summed E-state index contributed by atoms with van der Waals surface area (Å²) in [5, 5.41) is 18.6. The lowest BCUT2D eigenvalue weighted by Gasteiger charge is -2.04. The van der Waals surface area contributed by atoms with Crippen molar-refractivity contribution in [3.63, 3.8) is 0 Å². The van der Waals surface area contributed by atoms with Crippen molar-refractivity contribution in [3.05, 3.63) is 48.0 Å². The van der Waals surface area contributed by atoms with Crippen LogP contribution in [-0.4, -0.2) is 26.2 Å². The van der Waals surface area contributed by atoms with Gasteiger partial charge >= 0.3 is 0 Å². The molecule has 0 atom stereocenters. The third-order valence-electron chi connectivity index (χ3n) is 2.78. The normalized spacial score (nSPS) is 10.7. The van der Waals surface area contributed by atoms with Crippen molar-refractivity contribution in [1.82, 2.24) is 15.2 Å². The summed E-state index contributed by atoms with van der Waals surface area (Å²) in [5.41, 5.74) is 0.187. The van der Waals surface area contributed by atoms with Gasteiger partial charge in [-0.1, -0.05) is 12.1 Å². The molecule has 0 aliphatic heterocycles. The lowest BCUT2D eigenvalue weighted by Crippen LogP contribution is -2.13. The van der Waals surface area contributed by atoms with Gasteiger partial charge in [0.1, 0.15) is 11.2 Å². The smallest absolute Gasteiger partial charge is 0.275 e. The zero-order valence-electron chi connectivity index (χ0n) is 10.1. The van der Waals surface area contributed by atoms with Crippen LogP contribution in [0.2, 0.25) is 0 Å². The molecule has 20 heavy (non-hydrogen) atoms. The average molecular weight is 272 g/mol. The van der Waals surface area contributed by atoms with Gasteiger partial charge in [-0.25, -0.2) is 9.37 Å². The molecule has 0 fully saturated rings. The first-order valence-electron chi connectivity index (χ1n) is 5.75. The molecular formula is C13H9FN4O2. The largest absolute Gasteiger partial charge is 0.504 e. The van der Waals surface area contributed by atoms with Crippen molar-refractivity contribution in [2.75, 3.05) is 5.32 Å². The summed E-state index contributed by atoms with van der Waals surface area (Å²) in [6, 6.07) is 7.26. The molecule has 2 aromatic heterocycles. The molecule has 0 spiro atoms. The van der Waals surface area contributed by atoms with Crippen LogP contribution in [-0.2, 0) is 0 Å². The first-order valence-corrected chi connectivity index (χ1v) is 5.75. The highest BCUT2D eigenvalue weighted by Crippen LogP contribution is 2.22. The van der Waals surface area contributed by atoms with E-state index in [4.69, 9.17) is 0 Å². The third-order valence-corrected chi connectivity index (χ3v) is 2.78. The predicted octanol–water partition coefficient (Wildman–Crippen LogP) is 2.05. The molecule has 100 valence electrons. The van der Waals surface area contributed by atoms with Gasteiger partial charge < -0.3 is 10.4 Å². The van der Waals surface area contributed by atoms with E-state index in [1.165, 1.54) is 30.5 Å². The number of H-pyrrole nitrogens is 1. The van der Waals surface area contributed by atoms with Crippen LogP contribution in [0.1, 0.15) is 10.5 Å². The number of anilines is 1. The van der Waals surface area contributed by atoms with Crippen LogP contribution in [0, 0.1) is 5.82 Å². The number of hydrogen-bond acceptors (Lipinski definition) is 4. The van der Waals surface area contributed by atoms with Gasteiger partial charge in [0.15, 0.2) is 17.4 Å². The number of amides is 1. The van der Waals surface area contributed by atoms with Crippen molar-refractivity contribution < 1.29 is 14.3 Å². The summed E-state index contributed by atoms with van der Waals surface area (Å²) in [4.78, 5) is 15.9. The van der Waals surface area contributed by atoms with Gasteiger partial charge in [-0.3, -0.25) is 9.89 Å². The van der Waals surface area contributed by atoms with E-state index in [-0.39, 0.29) is 22.8 Å². The van der Waals surface area contributed by atoms with Crippen LogP contribution >= 0.6 is 0 Å². The molecule has 3 N–H and O–H groups in total. The van der Waals surface area contributed by atoms with Crippen LogP contribution in [0.4, 0.5) is 10.2 Å². The molecule has 0 aliphatic carbocycles. The van der Waals surface area contributed by atoms with E-state index >= 15 is 0 Å². The molecule has 3 aromatic rings. The van der Waals surface area contributed by atoms with E-state index < -0.39 is 11.7 Å². The fourth-order valence-corrected chi connectivity index (χ4v) is 1.84. The molecule has 0 saturated heterocycles. The highest BCUT2D eigenvalue weighted by atomic mass is 19.1. The summed E-state index contributed by atoms with van der Waals surface area (Å²) < 4.78 is 13.5. The molecule has 0 saturated carbocycles. The Kier molecular flexibility index (Phi) is 2.79. The number of nitrogens with one attached hydrogen (secondary N) is 2. The Morgan fingerprint density at radius 1 is 1.30 bits per heavy atom. The molecule has 0 unspecified atom stereocenters. The van der Waals surface area contributed by atoms with Crippen molar-refractivity contribution in [2.45, 2.75) is 0 Å². The second kappa shape index (κ2) is 4.61. The predicted molar refractivity (Wildman–Crippen MR) is 69.9 cm³/mol. The Balaban J connectivity index is 1.98. The summed E-state index contributed by atoms with van der Waals surface area (Å²) in [7, 11) is 0. The number of aromatic amines is 1. The molecule has 3 rings (SSSR count). The highest BCUT2D eigenvalue weighted by Gasteiger charge is 2.17. The first kappa shape index (κ1) is 12.1. The maximum atomic E-state index is 13.5. The van der Waals surface area contributed by atoms with Crippen LogP contribution in [0.15, 0.2) is 36.5 Å². The van der Waals surface area contributed by atoms with Crippen molar-refractivity contribution >= 4 is 22.6 Å². The number of nitrogens with zero attached hydrogens (tertiary/aromatic N) is 2. The van der Waals surface area contributed by atoms with Gasteiger partial charge in [0.2, 0.25) is 0 Å². The zero-order chi connectivity index (χ0) is 14.1. The monoisotopic (exact) mass is 272 g/mol. The van der Waals surface area contributed by atoms with Crippen molar-refractivity contribution in [1.29, 1.82) is 0 Å². The lowest BCUT2D eigenvalue weighted by molar-refractivity contribution is 0.102. The fourth-order valence-electron chi connectivity index (χ4n) is 1.84. The number of aromatic hydroxyl groups is 1. The molecular weight excluding hydrogens is 263 g/mol. The SMILES string of the molecule is O=C(Nc1ncccc1O)c1[nH]nc2c(F)cccc12. The van der Waals surface area contributed by atoms with Gasteiger partial charge in [0.05, 0.1) is 0 Å². The molecule has 0 aliphatic rings. The number of pyridine rings is 1. The highest BCUT2D eigenvalue weighted by molar-refractivity contribution is 6.11. The van der Waals surface area contributed by atoms with Crippen molar-refractivity contribution in [2.24, 2.45) is 0 Å². The number of halogens is 1. The fraction of sp³-hybridized carbons (Fsp3) is 0. The maximum Gasteiger partial charge on any atom is 0.275 e. The molecule has 7 heteroatoms. The molecule has 1 aromatic carbocycles. The molecule has 2 heterocycles. The van der Waals surface area contributed by atoms with Crippen LogP contribution in [0.5, 0.6) is 5.75 Å². The number of carbonyl (C=O) groups is 1. The topological polar surface area (TPSA) is 90.9 Å². The maximum absolute atomic E-state index is 13.5. The molecule has 0 radical (unpaired) electrons. The number of fused-ring (bicyclic) bond motifs is 1. The van der Waals surface area contributed by atoms with Crippen molar-refractivity contribution in [3.8, 4) is 5.75 Å². The quantitative estimate of drug-likeness (QED) is 0.666. The lowest BCUT2D eigenvalue weighted by atomic mass is 10.2. The minimum Gasteiger partial charge on any atom is -0.504 e. The van der Waals surface area contributed by atoms with Gasteiger partial charge in [0.25, 0.3) is 5.91 Å². The van der Waals surface area contributed by atoms with Gasteiger partial charge in [-0.15, -0.1) is 0 Å². The zero-order valence-corrected chi connectivity index (χ0v) is 10.1. The third kappa shape index (κ3) is 1.95. The second-order valence-electron chi connectivity index (χ2n) is 4.06. The van der Waals surface area contributed by atoms with Crippen LogP contribution in [0.3, 0.4) is 0 Å². The minimum absolute atomic E-state index is 0.0247. The number of benzene rings is 1. The number of para-hydroxylation sites is 1.